The Morgan fingerprint density at radius 1 is 1.29 bits per heavy atom. The average molecular weight is 452 g/mol. The maximum Gasteiger partial charge on any atom is 0.311 e. The molecule has 164 valence electrons. The lowest BCUT2D eigenvalue weighted by molar-refractivity contribution is -0.153. The second kappa shape index (κ2) is 8.07. The normalized spacial score (nSPS) is 23.3. The highest BCUT2D eigenvalue weighted by Gasteiger charge is 2.60. The second-order valence-electron chi connectivity index (χ2n) is 8.13. The number of pyridine rings is 1. The number of amides is 2. The molecular weight excluding hydrogens is 432 g/mol. The molecule has 0 unspecified atom stereocenters. The maximum atomic E-state index is 13.6. The number of azo groups is 1. The van der Waals surface area contributed by atoms with Crippen molar-refractivity contribution in [2.45, 2.75) is 37.1 Å². The second-order valence-corrected chi connectivity index (χ2v) is 8.51. The zero-order chi connectivity index (χ0) is 22.2. The molecule has 2 fully saturated rings. The van der Waals surface area contributed by atoms with E-state index in [1.807, 2.05) is 0 Å². The molecule has 31 heavy (non-hydrogen) atoms. The van der Waals surface area contributed by atoms with Crippen LogP contribution in [0.15, 0.2) is 40.3 Å². The summed E-state index contributed by atoms with van der Waals surface area (Å²) in [7, 11) is 0. The minimum atomic E-state index is -2.93. The van der Waals surface area contributed by atoms with E-state index in [0.29, 0.717) is 6.42 Å². The summed E-state index contributed by atoms with van der Waals surface area (Å²) in [6, 6.07) is 3.30. The van der Waals surface area contributed by atoms with Crippen LogP contribution in [0.5, 0.6) is 0 Å². The third kappa shape index (κ3) is 4.48. The van der Waals surface area contributed by atoms with Crippen molar-refractivity contribution in [3.8, 4) is 0 Å². The first-order chi connectivity index (χ1) is 14.7. The van der Waals surface area contributed by atoms with Gasteiger partial charge in [0.15, 0.2) is 0 Å². The fourth-order valence-electron chi connectivity index (χ4n) is 4.26. The molecular formula is C20H20ClF2N5O3. The quantitative estimate of drug-likeness (QED) is 0.548. The number of carbonyl (C=O) groups excluding carboxylic acids is 3. The van der Waals surface area contributed by atoms with Crippen LogP contribution in [0, 0.1) is 5.92 Å². The number of aromatic nitrogens is 1. The molecule has 2 amide bonds. The van der Waals surface area contributed by atoms with E-state index in [2.05, 4.69) is 20.5 Å². The molecule has 1 aromatic rings. The van der Waals surface area contributed by atoms with Crippen LogP contribution in [-0.2, 0) is 20.8 Å². The van der Waals surface area contributed by atoms with Crippen molar-refractivity contribution in [2.75, 3.05) is 19.6 Å². The van der Waals surface area contributed by atoms with Crippen LogP contribution < -0.4 is 5.32 Å². The molecule has 0 radical (unpaired) electrons. The van der Waals surface area contributed by atoms with E-state index < -0.39 is 42.0 Å². The molecule has 0 bridgehead atoms. The number of ketones is 1. The average Bonchev–Trinajstić information content (AvgIpc) is 3.38. The molecule has 2 aliphatic heterocycles. The van der Waals surface area contributed by atoms with Crippen LogP contribution >= 0.6 is 11.6 Å². The Balaban J connectivity index is 1.36. The van der Waals surface area contributed by atoms with E-state index in [4.69, 9.17) is 11.6 Å². The number of carbonyl (C=O) groups is 3. The van der Waals surface area contributed by atoms with E-state index in [1.165, 1.54) is 11.1 Å². The van der Waals surface area contributed by atoms with Crippen molar-refractivity contribution < 1.29 is 23.2 Å². The van der Waals surface area contributed by atoms with Crippen LogP contribution in [0.3, 0.4) is 0 Å². The smallest absolute Gasteiger partial charge is 0.311 e. The summed E-state index contributed by atoms with van der Waals surface area (Å²) in [5.41, 5.74) is -0.407. The van der Waals surface area contributed by atoms with E-state index in [1.54, 1.807) is 18.2 Å². The Morgan fingerprint density at radius 3 is 2.71 bits per heavy atom. The molecule has 1 aromatic heterocycles. The molecule has 0 spiro atoms. The lowest BCUT2D eigenvalue weighted by Gasteiger charge is -2.47. The minimum absolute atomic E-state index is 0.0652. The molecule has 3 aliphatic rings. The summed E-state index contributed by atoms with van der Waals surface area (Å²) < 4.78 is 27.2. The van der Waals surface area contributed by atoms with Crippen molar-refractivity contribution >= 4 is 29.2 Å². The van der Waals surface area contributed by atoms with Gasteiger partial charge in [-0.25, -0.2) is 13.8 Å². The number of nitrogens with zero attached hydrogens (tertiary/aromatic N) is 4. The largest absolute Gasteiger partial charge is 0.336 e. The van der Waals surface area contributed by atoms with Gasteiger partial charge in [-0.2, -0.15) is 10.2 Å². The van der Waals surface area contributed by atoms with Gasteiger partial charge in [0.2, 0.25) is 0 Å². The molecule has 1 N–H and O–H groups in total. The molecule has 1 aliphatic carbocycles. The van der Waals surface area contributed by atoms with Gasteiger partial charge in [-0.3, -0.25) is 14.4 Å². The molecule has 1 atom stereocenters. The summed E-state index contributed by atoms with van der Waals surface area (Å²) in [6.45, 7) is 0.603. The van der Waals surface area contributed by atoms with E-state index >= 15 is 0 Å². The van der Waals surface area contributed by atoms with Gasteiger partial charge in [-0.05, 0) is 30.2 Å². The van der Waals surface area contributed by atoms with Crippen LogP contribution in [0.1, 0.15) is 24.8 Å². The van der Waals surface area contributed by atoms with Gasteiger partial charge in [0.1, 0.15) is 10.9 Å². The van der Waals surface area contributed by atoms with Gasteiger partial charge in [-0.15, -0.1) is 0 Å². The van der Waals surface area contributed by atoms with E-state index in [0.717, 1.165) is 5.56 Å². The number of alkyl halides is 2. The summed E-state index contributed by atoms with van der Waals surface area (Å²) >= 11 is 5.84. The Labute approximate surface area is 181 Å². The molecule has 11 heteroatoms. The minimum Gasteiger partial charge on any atom is -0.336 e. The number of nitrogens with one attached hydrogen (secondary N) is 1. The van der Waals surface area contributed by atoms with Gasteiger partial charge in [0, 0.05) is 44.5 Å². The lowest BCUT2D eigenvalue weighted by Crippen LogP contribution is -2.64. The summed E-state index contributed by atoms with van der Waals surface area (Å²) in [5, 5.41) is 10.3. The first kappa shape index (κ1) is 21.5. The van der Waals surface area contributed by atoms with Gasteiger partial charge >= 0.3 is 11.8 Å². The molecule has 0 aromatic carbocycles. The maximum absolute atomic E-state index is 13.6. The predicted octanol–water partition coefficient (Wildman–Crippen LogP) is 2.33. The van der Waals surface area contributed by atoms with Crippen molar-refractivity contribution in [1.29, 1.82) is 0 Å². The molecule has 3 heterocycles. The van der Waals surface area contributed by atoms with Crippen molar-refractivity contribution in [2.24, 2.45) is 16.1 Å². The number of Topliss-reactive ketones (excluding diaryl/α,β-unsaturated/α-hetero) is 1. The number of hydrogen-bond acceptors (Lipinski definition) is 6. The highest BCUT2D eigenvalue weighted by atomic mass is 35.5. The Kier molecular flexibility index (Phi) is 5.59. The van der Waals surface area contributed by atoms with Gasteiger partial charge in [0.05, 0.1) is 17.8 Å². The predicted molar refractivity (Wildman–Crippen MR) is 106 cm³/mol. The number of halogens is 3. The van der Waals surface area contributed by atoms with Crippen LogP contribution in [-0.4, -0.2) is 58.6 Å². The fourth-order valence-corrected chi connectivity index (χ4v) is 4.46. The number of rotatable bonds is 5. The van der Waals surface area contributed by atoms with Crippen LogP contribution in [0.25, 0.3) is 0 Å². The molecule has 1 saturated carbocycles. The first-order valence-electron chi connectivity index (χ1n) is 9.88. The monoisotopic (exact) mass is 451 g/mol. The van der Waals surface area contributed by atoms with Crippen molar-refractivity contribution in [1.82, 2.24) is 15.2 Å². The highest BCUT2D eigenvalue weighted by molar-refractivity contribution is 6.35. The third-order valence-corrected chi connectivity index (χ3v) is 6.01. The zero-order valence-corrected chi connectivity index (χ0v) is 17.2. The van der Waals surface area contributed by atoms with Gasteiger partial charge < -0.3 is 10.2 Å². The summed E-state index contributed by atoms with van der Waals surface area (Å²) in [5.74, 6) is -5.22. The van der Waals surface area contributed by atoms with Gasteiger partial charge in [0.25, 0.3) is 5.92 Å². The van der Waals surface area contributed by atoms with E-state index in [9.17, 15) is 23.2 Å². The summed E-state index contributed by atoms with van der Waals surface area (Å²) in [6.07, 6.45) is 2.41. The zero-order valence-electron chi connectivity index (χ0n) is 16.5. The fraction of sp³-hybridized carbons (Fsp3) is 0.500. The molecule has 8 nitrogen and oxygen atoms in total. The Hall–Kier alpha value is -2.75. The van der Waals surface area contributed by atoms with Crippen molar-refractivity contribution in [3.63, 3.8) is 0 Å². The van der Waals surface area contributed by atoms with Crippen molar-refractivity contribution in [3.05, 3.63) is 40.8 Å². The van der Waals surface area contributed by atoms with Crippen LogP contribution in [0.2, 0.25) is 5.15 Å². The van der Waals surface area contributed by atoms with Gasteiger partial charge in [-0.1, -0.05) is 11.6 Å². The first-order valence-corrected chi connectivity index (χ1v) is 10.3. The SMILES string of the molecule is O=C(NC1(C2=CCN=N2)CC(F)(F)C1)C(=O)N1CC[C@H](C(=O)Cc2ccnc(Cl)c2)C1. The highest BCUT2D eigenvalue weighted by Crippen LogP contribution is 2.50. The van der Waals surface area contributed by atoms with Crippen LogP contribution in [0.4, 0.5) is 8.78 Å². The molecule has 1 saturated heterocycles. The Bertz CT molecular complexity index is 989. The lowest BCUT2D eigenvalue weighted by atomic mass is 9.71. The topological polar surface area (TPSA) is 104 Å². The standard InChI is InChI=1S/C20H20ClF2N5O3/c21-16-8-12(1-4-24-16)7-14(29)13-3-6-28(9-13)18(31)17(30)26-19(10-20(22,23)11-19)15-2-5-25-27-15/h1-2,4,8,13H,3,5-7,9-11H2,(H,26,30)/t13-/m0/s1. The Morgan fingerprint density at radius 2 is 2.06 bits per heavy atom. The number of likely N-dealkylation sites (tertiary alicyclic amines) is 1. The van der Waals surface area contributed by atoms with E-state index in [-0.39, 0.29) is 42.7 Å². The summed E-state index contributed by atoms with van der Waals surface area (Å²) in [4.78, 5) is 42.9. The molecule has 4 rings (SSSR count). The number of hydrogen-bond donors (Lipinski definition) is 1. The third-order valence-electron chi connectivity index (χ3n) is 5.80.